The molecular weight excluding hydrogens is 606 g/mol. The minimum absolute atomic E-state index is 0. The summed E-state index contributed by atoms with van der Waals surface area (Å²) in [5.41, 5.74) is 12.0. The topological polar surface area (TPSA) is 121 Å². The number of ether oxygens (including phenoxy) is 1. The SMILES string of the molecule is CCC1=C(C)C2=NC1=Cc1[n-]c3c(c1C)=C([O-])CC=3C1=NC(=CC3=NC(=C2)C(CCCO)=C3C)[C@@H](C)[C@@H]1CCC(=O)OC.[Zn+2]. The number of fused-ring (bicyclic) bond motifs is 5. The van der Waals surface area contributed by atoms with Crippen LogP contribution in [0.25, 0.3) is 17.4 Å². The first-order valence-electron chi connectivity index (χ1n) is 15.2. The Labute approximate surface area is 271 Å². The van der Waals surface area contributed by atoms with Crippen LogP contribution in [0.3, 0.4) is 0 Å². The molecule has 0 amide bonds. The van der Waals surface area contributed by atoms with E-state index in [1.165, 1.54) is 7.11 Å². The van der Waals surface area contributed by atoms with Gasteiger partial charge in [0.2, 0.25) is 0 Å². The van der Waals surface area contributed by atoms with Crippen molar-refractivity contribution in [3.05, 3.63) is 73.4 Å². The Kier molecular flexibility index (Phi) is 9.11. The van der Waals surface area contributed by atoms with Crippen molar-refractivity contribution in [3.8, 4) is 0 Å². The molecule has 1 aromatic rings. The van der Waals surface area contributed by atoms with Crippen molar-refractivity contribution in [3.63, 3.8) is 0 Å². The molecule has 1 aliphatic carbocycles. The molecule has 0 saturated carbocycles. The number of rotatable bonds is 7. The molecular formula is C35H38N4O4Zn. The molecule has 8 bridgehead atoms. The summed E-state index contributed by atoms with van der Waals surface area (Å²) in [5, 5.41) is 24.5. The van der Waals surface area contributed by atoms with E-state index in [1.54, 1.807) is 0 Å². The van der Waals surface area contributed by atoms with Crippen molar-refractivity contribution in [1.82, 2.24) is 4.98 Å². The van der Waals surface area contributed by atoms with Crippen molar-refractivity contribution in [2.75, 3.05) is 13.7 Å². The van der Waals surface area contributed by atoms with Gasteiger partial charge < -0.3 is 19.9 Å². The molecule has 6 rings (SSSR count). The Morgan fingerprint density at radius 3 is 2.43 bits per heavy atom. The first-order chi connectivity index (χ1) is 20.7. The fraction of sp³-hybridized carbons (Fsp3) is 0.429. The number of aromatic nitrogens is 1. The van der Waals surface area contributed by atoms with Crippen molar-refractivity contribution in [2.45, 2.75) is 73.1 Å². The van der Waals surface area contributed by atoms with E-state index in [0.717, 1.165) is 79.8 Å². The van der Waals surface area contributed by atoms with Gasteiger partial charge in [0.05, 0.1) is 29.9 Å². The van der Waals surface area contributed by atoms with Crippen LogP contribution in [0.4, 0.5) is 0 Å². The standard InChI is InChI=1S/C35H39N4O4.Zn/c1-7-21-17(2)26-15-30-22(9-8-12-40)18(3)25(37-30)14-27-19(4)23(10-11-32(42)43-6)34(38-27)24-13-31(41)33-20(5)28(39-35(24)33)16-29(21)36-26;/h14-16,19,23,40H,7-13H2,1-6H3,(H-,36,37,38,39,41);/q-1;+2/p-1/t19-,23-;/m0./s1. The smallest absolute Gasteiger partial charge is 0.875 e. The van der Waals surface area contributed by atoms with E-state index < -0.39 is 0 Å². The van der Waals surface area contributed by atoms with E-state index in [2.05, 4.69) is 39.8 Å². The quantitative estimate of drug-likeness (QED) is 0.360. The van der Waals surface area contributed by atoms with Gasteiger partial charge in [-0.2, -0.15) is 0 Å². The molecule has 44 heavy (non-hydrogen) atoms. The van der Waals surface area contributed by atoms with E-state index in [9.17, 15) is 15.0 Å². The second-order valence-corrected chi connectivity index (χ2v) is 11.9. The Hall–Kier alpha value is -3.42. The van der Waals surface area contributed by atoms with Gasteiger partial charge in [-0.05, 0) is 98.1 Å². The van der Waals surface area contributed by atoms with E-state index in [0.29, 0.717) is 29.8 Å². The summed E-state index contributed by atoms with van der Waals surface area (Å²) in [6, 6.07) is 0. The number of nitrogens with zero attached hydrogens (tertiary/aromatic N) is 4. The zero-order chi connectivity index (χ0) is 30.6. The van der Waals surface area contributed by atoms with Crippen LogP contribution in [0.5, 0.6) is 0 Å². The fourth-order valence-electron chi connectivity index (χ4n) is 6.99. The van der Waals surface area contributed by atoms with E-state index in [-0.39, 0.29) is 62.5 Å². The first-order valence-corrected chi connectivity index (χ1v) is 15.2. The van der Waals surface area contributed by atoms with Gasteiger partial charge in [-0.15, -0.1) is 16.8 Å². The van der Waals surface area contributed by atoms with Gasteiger partial charge in [-0.25, -0.2) is 9.98 Å². The van der Waals surface area contributed by atoms with Gasteiger partial charge in [0.25, 0.3) is 0 Å². The Bertz CT molecular complexity index is 1830. The number of methoxy groups -OCH3 is 1. The third-order valence-electron chi connectivity index (χ3n) is 9.54. The second kappa shape index (κ2) is 12.5. The van der Waals surface area contributed by atoms with E-state index in [1.807, 2.05) is 13.0 Å². The molecule has 224 valence electrons. The Morgan fingerprint density at radius 2 is 1.75 bits per heavy atom. The molecule has 0 saturated heterocycles. The number of esters is 1. The molecule has 0 fully saturated rings. The zero-order valence-electron chi connectivity index (χ0n) is 26.5. The van der Waals surface area contributed by atoms with Crippen LogP contribution in [-0.4, -0.2) is 41.9 Å². The average Bonchev–Trinajstić information content (AvgIpc) is 3.73. The predicted octanol–water partition coefficient (Wildman–Crippen LogP) is 3.48. The summed E-state index contributed by atoms with van der Waals surface area (Å²) in [7, 11) is 1.40. The Balaban J connectivity index is 0.00000384. The largest absolute Gasteiger partial charge is 2.00 e. The van der Waals surface area contributed by atoms with Crippen molar-refractivity contribution >= 4 is 40.5 Å². The third kappa shape index (κ3) is 5.28. The average molecular weight is 644 g/mol. The normalized spacial score (nSPS) is 22.1. The van der Waals surface area contributed by atoms with Gasteiger partial charge in [-0.3, -0.25) is 9.79 Å². The van der Waals surface area contributed by atoms with Crippen molar-refractivity contribution < 1.29 is 39.2 Å². The van der Waals surface area contributed by atoms with Crippen LogP contribution >= 0.6 is 0 Å². The van der Waals surface area contributed by atoms with Gasteiger partial charge in [0.15, 0.2) is 0 Å². The molecule has 0 spiro atoms. The molecule has 0 radical (unpaired) electrons. The summed E-state index contributed by atoms with van der Waals surface area (Å²) >= 11 is 0. The molecule has 9 heteroatoms. The number of aliphatic hydroxyl groups is 1. The molecule has 4 aliphatic heterocycles. The number of allylic oxidation sites excluding steroid dienone is 7. The number of aliphatic imine (C=N–C) groups is 3. The summed E-state index contributed by atoms with van der Waals surface area (Å²) in [6.45, 7) is 10.5. The van der Waals surface area contributed by atoms with Crippen molar-refractivity contribution in [2.24, 2.45) is 26.8 Å². The summed E-state index contributed by atoms with van der Waals surface area (Å²) in [5.74, 6) is -0.275. The van der Waals surface area contributed by atoms with Gasteiger partial charge in [0.1, 0.15) is 0 Å². The number of carbonyl (C=O) groups excluding carboxylic acids is 1. The van der Waals surface area contributed by atoms with Crippen LogP contribution in [0.2, 0.25) is 0 Å². The minimum atomic E-state index is -0.264. The number of carbonyl (C=O) groups is 1. The maximum absolute atomic E-state index is 13.4. The Morgan fingerprint density at radius 1 is 1.07 bits per heavy atom. The summed E-state index contributed by atoms with van der Waals surface area (Å²) in [6.07, 6.45) is 9.36. The molecule has 5 heterocycles. The maximum Gasteiger partial charge on any atom is 2.00 e. The minimum Gasteiger partial charge on any atom is -0.875 e. The van der Waals surface area contributed by atoms with Crippen LogP contribution in [0.15, 0.2) is 66.5 Å². The van der Waals surface area contributed by atoms with Crippen molar-refractivity contribution in [1.29, 1.82) is 0 Å². The molecule has 0 aromatic carbocycles. The van der Waals surface area contributed by atoms with Crippen LogP contribution in [-0.2, 0) is 29.0 Å². The van der Waals surface area contributed by atoms with Crippen LogP contribution in [0.1, 0.15) is 77.5 Å². The molecule has 0 unspecified atom stereocenters. The molecule has 1 N–H and O–H groups in total. The first kappa shape index (κ1) is 32.0. The number of aliphatic hydroxyl groups excluding tert-OH is 1. The molecule has 5 aliphatic rings. The van der Waals surface area contributed by atoms with Crippen LogP contribution < -0.4 is 20.7 Å². The van der Waals surface area contributed by atoms with Gasteiger partial charge in [-0.1, -0.05) is 25.5 Å². The third-order valence-corrected chi connectivity index (χ3v) is 9.54. The fourth-order valence-corrected chi connectivity index (χ4v) is 6.99. The zero-order valence-corrected chi connectivity index (χ0v) is 29.5. The molecule has 2 atom stereocenters. The van der Waals surface area contributed by atoms with E-state index in [4.69, 9.17) is 24.7 Å². The predicted molar refractivity (Wildman–Crippen MR) is 168 cm³/mol. The maximum atomic E-state index is 13.4. The monoisotopic (exact) mass is 642 g/mol. The molecule has 1 aromatic heterocycles. The van der Waals surface area contributed by atoms with E-state index >= 15 is 0 Å². The second-order valence-electron chi connectivity index (χ2n) is 11.9. The summed E-state index contributed by atoms with van der Waals surface area (Å²) in [4.78, 5) is 32.6. The molecule has 8 nitrogen and oxygen atoms in total. The number of hydrogen-bond donors (Lipinski definition) is 1. The number of hydrogen-bond acceptors (Lipinski definition) is 7. The van der Waals surface area contributed by atoms with Gasteiger partial charge >= 0.3 is 25.4 Å². The summed E-state index contributed by atoms with van der Waals surface area (Å²) < 4.78 is 4.96. The van der Waals surface area contributed by atoms with Gasteiger partial charge in [0, 0.05) is 36.3 Å². The van der Waals surface area contributed by atoms with Crippen LogP contribution in [0, 0.1) is 18.8 Å².